The Morgan fingerprint density at radius 3 is 2.48 bits per heavy atom. The second-order valence-electron chi connectivity index (χ2n) is 7.23. The Balaban J connectivity index is 1.51. The minimum Gasteiger partial charge on any atom is -0.490 e. The Morgan fingerprint density at radius 1 is 1.03 bits per heavy atom. The van der Waals surface area contributed by atoms with Gasteiger partial charge >= 0.3 is 17.8 Å². The normalized spacial score (nSPS) is 21.8. The quantitative estimate of drug-likeness (QED) is 0.558. The summed E-state index contributed by atoms with van der Waals surface area (Å²) in [5.74, 6) is -0.836. The maximum atomic E-state index is 12.9. The zero-order chi connectivity index (χ0) is 20.5. The number of carbonyl (C=O) groups excluding carboxylic acids is 4. The highest BCUT2D eigenvalue weighted by atomic mass is 16.5. The zero-order valence-electron chi connectivity index (χ0n) is 16.3. The molecule has 3 aliphatic rings. The van der Waals surface area contributed by atoms with Gasteiger partial charge in [-0.2, -0.15) is 0 Å². The summed E-state index contributed by atoms with van der Waals surface area (Å²) in [4.78, 5) is 52.4. The number of likely N-dealkylation sites (tertiary alicyclic amines) is 1. The molecule has 0 bridgehead atoms. The fraction of sp³-hybridized carbons (Fsp3) is 0.500. The van der Waals surface area contributed by atoms with E-state index in [4.69, 9.17) is 9.47 Å². The van der Waals surface area contributed by atoms with Crippen molar-refractivity contribution in [3.8, 4) is 11.5 Å². The first-order valence-corrected chi connectivity index (χ1v) is 9.87. The van der Waals surface area contributed by atoms with E-state index in [-0.39, 0.29) is 18.5 Å². The highest BCUT2D eigenvalue weighted by molar-refractivity contribution is 6.45. The van der Waals surface area contributed by atoms with E-state index in [1.807, 2.05) is 18.2 Å². The van der Waals surface area contributed by atoms with Crippen LogP contribution in [0.1, 0.15) is 37.8 Å². The Hall–Kier alpha value is -3.10. The number of urea groups is 1. The molecule has 0 unspecified atom stereocenters. The van der Waals surface area contributed by atoms with Gasteiger partial charge in [-0.15, -0.1) is 0 Å². The topological polar surface area (TPSA) is 96.5 Å². The van der Waals surface area contributed by atoms with Gasteiger partial charge in [0.05, 0.1) is 19.3 Å². The largest absolute Gasteiger partial charge is 0.490 e. The second kappa shape index (κ2) is 7.73. The summed E-state index contributed by atoms with van der Waals surface area (Å²) in [7, 11) is 0. The molecule has 0 N–H and O–H groups in total. The number of carbonyl (C=O) groups is 4. The van der Waals surface area contributed by atoms with Crippen LogP contribution in [-0.2, 0) is 14.4 Å². The Kier molecular flexibility index (Phi) is 5.12. The van der Waals surface area contributed by atoms with Gasteiger partial charge in [0.2, 0.25) is 5.91 Å². The number of benzene rings is 1. The maximum absolute atomic E-state index is 12.9. The number of hydrogen-bond acceptors (Lipinski definition) is 6. The SMILES string of the molecule is CCN1C(=O)C(=O)N(CC(=O)N2CCC[C@@H]2c2ccc3c(c2)OCCCO3)C1=O. The molecule has 9 heteroatoms. The first-order valence-electron chi connectivity index (χ1n) is 9.87. The van der Waals surface area contributed by atoms with Gasteiger partial charge < -0.3 is 14.4 Å². The van der Waals surface area contributed by atoms with Crippen molar-refractivity contribution in [3.05, 3.63) is 23.8 Å². The van der Waals surface area contributed by atoms with Crippen LogP contribution < -0.4 is 9.47 Å². The highest BCUT2D eigenvalue weighted by Crippen LogP contribution is 2.38. The van der Waals surface area contributed by atoms with Gasteiger partial charge in [0, 0.05) is 19.5 Å². The molecule has 0 aliphatic carbocycles. The average Bonchev–Trinajstić information content (AvgIpc) is 3.18. The van der Waals surface area contributed by atoms with E-state index in [0.29, 0.717) is 31.3 Å². The maximum Gasteiger partial charge on any atom is 0.334 e. The predicted molar refractivity (Wildman–Crippen MR) is 100 cm³/mol. The average molecular weight is 401 g/mol. The molecule has 5 amide bonds. The lowest BCUT2D eigenvalue weighted by Gasteiger charge is -2.27. The van der Waals surface area contributed by atoms with Crippen LogP contribution in [0, 0.1) is 0 Å². The smallest absolute Gasteiger partial charge is 0.334 e. The van der Waals surface area contributed by atoms with Crippen LogP contribution in [0.15, 0.2) is 18.2 Å². The molecular formula is C20H23N3O6. The number of hydrogen-bond donors (Lipinski definition) is 0. The molecule has 1 aromatic rings. The van der Waals surface area contributed by atoms with Crippen molar-refractivity contribution < 1.29 is 28.7 Å². The van der Waals surface area contributed by atoms with Crippen molar-refractivity contribution in [3.63, 3.8) is 0 Å². The molecule has 0 saturated carbocycles. The summed E-state index contributed by atoms with van der Waals surface area (Å²) in [6.07, 6.45) is 2.39. The molecule has 154 valence electrons. The number of amides is 5. The molecule has 3 heterocycles. The van der Waals surface area contributed by atoms with Crippen LogP contribution in [0.2, 0.25) is 0 Å². The van der Waals surface area contributed by atoms with Gasteiger partial charge in [0.25, 0.3) is 0 Å². The molecule has 1 aromatic carbocycles. The van der Waals surface area contributed by atoms with Gasteiger partial charge in [-0.25, -0.2) is 9.69 Å². The van der Waals surface area contributed by atoms with Crippen molar-refractivity contribution in [2.75, 3.05) is 32.8 Å². The molecule has 1 atom stereocenters. The standard InChI is InChI=1S/C20H23N3O6/c1-2-21-18(25)19(26)23(20(21)27)12-17(24)22-8-3-5-14(22)13-6-7-15-16(11-13)29-10-4-9-28-15/h6-7,11,14H,2-5,8-10,12H2,1H3/t14-/m1/s1. The lowest BCUT2D eigenvalue weighted by atomic mass is 10.0. The fourth-order valence-corrected chi connectivity index (χ4v) is 3.99. The predicted octanol–water partition coefficient (Wildman–Crippen LogP) is 1.32. The Morgan fingerprint density at radius 2 is 1.76 bits per heavy atom. The number of rotatable bonds is 4. The van der Waals surface area contributed by atoms with E-state index < -0.39 is 24.4 Å². The first kappa shape index (κ1) is 19.2. The van der Waals surface area contributed by atoms with E-state index in [1.54, 1.807) is 11.8 Å². The fourth-order valence-electron chi connectivity index (χ4n) is 3.99. The molecule has 0 aromatic heterocycles. The molecule has 29 heavy (non-hydrogen) atoms. The minimum absolute atomic E-state index is 0.0949. The molecule has 9 nitrogen and oxygen atoms in total. The summed E-state index contributed by atoms with van der Waals surface area (Å²) in [6.45, 7) is 2.98. The summed E-state index contributed by atoms with van der Waals surface area (Å²) in [5, 5.41) is 0. The molecule has 4 rings (SSSR count). The number of ether oxygens (including phenoxy) is 2. The third-order valence-electron chi connectivity index (χ3n) is 5.47. The summed E-state index contributed by atoms with van der Waals surface area (Å²) >= 11 is 0. The summed E-state index contributed by atoms with van der Waals surface area (Å²) < 4.78 is 11.4. The number of nitrogens with zero attached hydrogens (tertiary/aromatic N) is 3. The van der Waals surface area contributed by atoms with Crippen LogP contribution in [-0.4, -0.2) is 71.3 Å². The number of fused-ring (bicyclic) bond motifs is 1. The van der Waals surface area contributed by atoms with Gasteiger partial charge in [0.15, 0.2) is 11.5 Å². The van der Waals surface area contributed by atoms with E-state index >= 15 is 0 Å². The Labute approximate surface area is 168 Å². The van der Waals surface area contributed by atoms with E-state index in [9.17, 15) is 19.2 Å². The Bertz CT molecular complexity index is 870. The van der Waals surface area contributed by atoms with Crippen molar-refractivity contribution >= 4 is 23.8 Å². The van der Waals surface area contributed by atoms with Crippen LogP contribution in [0.5, 0.6) is 11.5 Å². The monoisotopic (exact) mass is 401 g/mol. The van der Waals surface area contributed by atoms with Crippen molar-refractivity contribution in [2.24, 2.45) is 0 Å². The third kappa shape index (κ3) is 3.41. The van der Waals surface area contributed by atoms with Crippen molar-refractivity contribution in [2.45, 2.75) is 32.2 Å². The van der Waals surface area contributed by atoms with E-state index in [1.165, 1.54) is 0 Å². The summed E-state index contributed by atoms with van der Waals surface area (Å²) in [6, 6.07) is 4.75. The zero-order valence-corrected chi connectivity index (χ0v) is 16.3. The van der Waals surface area contributed by atoms with Crippen LogP contribution in [0.4, 0.5) is 4.79 Å². The third-order valence-corrected chi connectivity index (χ3v) is 5.47. The van der Waals surface area contributed by atoms with Gasteiger partial charge in [-0.3, -0.25) is 19.3 Å². The lowest BCUT2D eigenvalue weighted by molar-refractivity contribution is -0.145. The van der Waals surface area contributed by atoms with E-state index in [2.05, 4.69) is 0 Å². The molecular weight excluding hydrogens is 378 g/mol. The van der Waals surface area contributed by atoms with Gasteiger partial charge in [-0.05, 0) is 37.5 Å². The van der Waals surface area contributed by atoms with E-state index in [0.717, 1.165) is 34.6 Å². The molecule has 2 fully saturated rings. The summed E-state index contributed by atoms with van der Waals surface area (Å²) in [5.41, 5.74) is 0.922. The van der Waals surface area contributed by atoms with Crippen LogP contribution in [0.25, 0.3) is 0 Å². The van der Waals surface area contributed by atoms with Gasteiger partial charge in [0.1, 0.15) is 6.54 Å². The lowest BCUT2D eigenvalue weighted by Crippen LogP contribution is -2.43. The highest BCUT2D eigenvalue weighted by Gasteiger charge is 2.45. The number of imide groups is 2. The van der Waals surface area contributed by atoms with Gasteiger partial charge in [-0.1, -0.05) is 6.07 Å². The van der Waals surface area contributed by atoms with Crippen molar-refractivity contribution in [1.82, 2.24) is 14.7 Å². The molecule has 2 saturated heterocycles. The second-order valence-corrected chi connectivity index (χ2v) is 7.23. The minimum atomic E-state index is -0.948. The molecule has 3 aliphatic heterocycles. The van der Waals surface area contributed by atoms with Crippen LogP contribution >= 0.6 is 0 Å². The molecule has 0 spiro atoms. The number of likely N-dealkylation sites (N-methyl/N-ethyl adjacent to an activating group) is 1. The van der Waals surface area contributed by atoms with Crippen molar-refractivity contribution in [1.29, 1.82) is 0 Å². The van der Waals surface area contributed by atoms with Crippen LogP contribution in [0.3, 0.4) is 0 Å². The first-order chi connectivity index (χ1) is 14.0. The molecule has 0 radical (unpaired) electrons.